The van der Waals surface area contributed by atoms with Crippen molar-refractivity contribution < 1.29 is 23.3 Å². The first-order valence-corrected chi connectivity index (χ1v) is 16.1. The van der Waals surface area contributed by atoms with E-state index >= 15 is 0 Å². The summed E-state index contributed by atoms with van der Waals surface area (Å²) in [5, 5.41) is 0. The molecule has 0 N–H and O–H groups in total. The van der Waals surface area contributed by atoms with Crippen LogP contribution in [0.1, 0.15) is 81.1 Å². The molecule has 4 heteroatoms. The monoisotopic (exact) mass is 548 g/mol. The Hall–Kier alpha value is 0.640. The molecule has 0 aromatic heterocycles. The Balaban J connectivity index is -0.000000114. The maximum absolute atomic E-state index is 3.44. The Morgan fingerprint density at radius 1 is 0.700 bits per heavy atom. The summed E-state index contributed by atoms with van der Waals surface area (Å²) < 4.78 is 0. The molecule has 0 atom stereocenters. The van der Waals surface area contributed by atoms with Crippen LogP contribution in [0.2, 0.25) is 0 Å². The fraction of sp³-hybridized carbons (Fsp3) is 0.615. The summed E-state index contributed by atoms with van der Waals surface area (Å²) in [5.74, 6) is 2.86. The molecule has 0 heterocycles. The van der Waals surface area contributed by atoms with Crippen molar-refractivity contribution in [1.29, 1.82) is 0 Å². The van der Waals surface area contributed by atoms with Gasteiger partial charge in [-0.3, -0.25) is 12.2 Å². The second kappa shape index (κ2) is 22.8. The topological polar surface area (TPSA) is 0 Å². The minimum atomic E-state index is 0. The molecular weight excluding hydrogens is 503 g/mol. The first-order chi connectivity index (χ1) is 12.2. The molecule has 0 aliphatic heterocycles. The Labute approximate surface area is 219 Å². The summed E-state index contributed by atoms with van der Waals surface area (Å²) >= 11 is 1.58. The van der Waals surface area contributed by atoms with Crippen LogP contribution in [-0.4, -0.2) is 6.88 Å². The van der Waals surface area contributed by atoms with Crippen molar-refractivity contribution in [3.8, 4) is 0 Å². The number of hydrogen-bond donors (Lipinski definition) is 0. The van der Waals surface area contributed by atoms with Crippen molar-refractivity contribution >= 4 is 31.7 Å². The van der Waals surface area contributed by atoms with Crippen LogP contribution in [0.15, 0.2) is 34.4 Å². The molecule has 0 nitrogen and oxygen atoms in total. The molecule has 2 aliphatic rings. The molecule has 0 fully saturated rings. The van der Waals surface area contributed by atoms with Gasteiger partial charge in [-0.15, -0.1) is 37.7 Å². The summed E-state index contributed by atoms with van der Waals surface area (Å²) in [6.07, 6.45) is 16.2. The van der Waals surface area contributed by atoms with Gasteiger partial charge >= 0.3 is 30.2 Å². The van der Waals surface area contributed by atoms with Gasteiger partial charge in [0.15, 0.2) is 0 Å². The average Bonchev–Trinajstić information content (AvgIpc) is 3.18. The molecule has 0 unspecified atom stereocenters. The van der Waals surface area contributed by atoms with Gasteiger partial charge in [-0.2, -0.15) is 11.1 Å². The molecule has 0 aromatic carbocycles. The summed E-state index contributed by atoms with van der Waals surface area (Å²) in [6, 6.07) is 0. The Morgan fingerprint density at radius 3 is 1.13 bits per heavy atom. The van der Waals surface area contributed by atoms with Crippen molar-refractivity contribution in [2.45, 2.75) is 81.1 Å². The molecule has 30 heavy (non-hydrogen) atoms. The van der Waals surface area contributed by atoms with Gasteiger partial charge in [0.05, 0.1) is 0 Å². The summed E-state index contributed by atoms with van der Waals surface area (Å²) in [7, 11) is 0. The van der Waals surface area contributed by atoms with Gasteiger partial charge in [0.25, 0.3) is 0 Å². The van der Waals surface area contributed by atoms with E-state index in [-0.39, 0.29) is 39.7 Å². The van der Waals surface area contributed by atoms with Crippen LogP contribution in [0.25, 0.3) is 0 Å². The Bertz CT molecular complexity index is 493. The van der Waals surface area contributed by atoms with E-state index < -0.39 is 0 Å². The standard InChI is InChI=1S/2C12H19.2CH3.2ClH.H2Si.Zr/c2*1-9(2)7-11-5-6-12(8-11)10(3)4;;;;;;/h2*8-10H,5,7H2,1-4H3;2*1H3;2*1H;1H2;/q4*-1;;;;. The third-order valence-corrected chi connectivity index (χ3v) is 4.34. The van der Waals surface area contributed by atoms with Crippen molar-refractivity contribution in [2.24, 2.45) is 23.7 Å². The normalized spacial score (nSPS) is 13.8. The summed E-state index contributed by atoms with van der Waals surface area (Å²) in [5.41, 5.74) is 5.94. The number of rotatable bonds is 6. The minimum absolute atomic E-state index is 0. The first kappa shape index (κ1) is 40.9. The van der Waals surface area contributed by atoms with E-state index in [0.717, 1.165) is 24.7 Å². The van der Waals surface area contributed by atoms with Crippen molar-refractivity contribution in [1.82, 2.24) is 0 Å². The Kier molecular flexibility index (Phi) is 31.1. The van der Waals surface area contributed by atoms with Crippen LogP contribution in [0.5, 0.6) is 0 Å². The second-order valence-electron chi connectivity index (χ2n) is 8.73. The predicted octanol–water partition coefficient (Wildman–Crippen LogP) is 8.32. The van der Waals surface area contributed by atoms with Gasteiger partial charge in [0, 0.05) is 0 Å². The number of halogens is 2. The zero-order valence-electron chi connectivity index (χ0n) is 21.3. The maximum atomic E-state index is 3.44. The average molecular weight is 551 g/mol. The van der Waals surface area contributed by atoms with Gasteiger partial charge in [-0.05, 0) is 24.7 Å². The molecule has 2 rings (SSSR count). The van der Waals surface area contributed by atoms with E-state index in [1.54, 1.807) is 34.5 Å². The molecule has 2 aliphatic carbocycles. The zero-order chi connectivity index (χ0) is 20.3. The summed E-state index contributed by atoms with van der Waals surface area (Å²) in [4.78, 5) is 0. The molecular formula is C26H48Cl2SiZr-4. The van der Waals surface area contributed by atoms with Crippen molar-refractivity contribution in [2.75, 3.05) is 0 Å². The fourth-order valence-electron chi connectivity index (χ4n) is 3.13. The Morgan fingerprint density at radius 2 is 0.967 bits per heavy atom. The third-order valence-electron chi connectivity index (χ3n) is 4.34. The van der Waals surface area contributed by atoms with Crippen LogP contribution in [0.4, 0.5) is 0 Å². The van der Waals surface area contributed by atoms with Gasteiger partial charge in [-0.25, -0.2) is 23.3 Å². The van der Waals surface area contributed by atoms with E-state index in [9.17, 15) is 0 Å². The number of allylic oxidation sites excluding steroid dienone is 8. The third kappa shape index (κ3) is 18.2. The molecule has 178 valence electrons. The molecule has 0 amide bonds. The summed E-state index contributed by atoms with van der Waals surface area (Å²) in [6.45, 7) is 20.0. The SMILES string of the molecule is CC(C)CC1=CC(C(C)C)=[C-]C1.CC(C)CC1=CC(C(C)C)=[C-]C1.Cl.Cl.[CH3-].[CH3-].[SiH2]=[Zr]. The predicted molar refractivity (Wildman–Crippen MR) is 143 cm³/mol. The second-order valence-corrected chi connectivity index (χ2v) is 8.73. The van der Waals surface area contributed by atoms with Crippen molar-refractivity contribution in [3.05, 3.63) is 61.4 Å². The van der Waals surface area contributed by atoms with Crippen LogP contribution in [0, 0.1) is 50.7 Å². The van der Waals surface area contributed by atoms with Crippen molar-refractivity contribution in [3.63, 3.8) is 0 Å². The van der Waals surface area contributed by atoms with E-state index in [1.807, 2.05) is 6.88 Å². The van der Waals surface area contributed by atoms with Gasteiger partial charge in [0.2, 0.25) is 0 Å². The first-order valence-electron chi connectivity index (χ1n) is 10.1. The van der Waals surface area contributed by atoms with Crippen LogP contribution in [-0.2, 0) is 23.3 Å². The van der Waals surface area contributed by atoms with Crippen LogP contribution in [0.3, 0.4) is 0 Å². The quantitative estimate of drug-likeness (QED) is 0.230. The molecule has 0 saturated carbocycles. The molecule has 0 bridgehead atoms. The van der Waals surface area contributed by atoms with Gasteiger partial charge < -0.3 is 14.9 Å². The molecule has 0 saturated heterocycles. The van der Waals surface area contributed by atoms with E-state index in [4.69, 9.17) is 0 Å². The van der Waals surface area contributed by atoms with E-state index in [2.05, 4.69) is 79.7 Å². The van der Waals surface area contributed by atoms with E-state index in [1.165, 1.54) is 24.0 Å². The molecule has 0 aromatic rings. The number of hydrogen-bond acceptors (Lipinski definition) is 0. The van der Waals surface area contributed by atoms with Crippen LogP contribution >= 0.6 is 24.8 Å². The fourth-order valence-corrected chi connectivity index (χ4v) is 3.13. The van der Waals surface area contributed by atoms with Crippen LogP contribution < -0.4 is 0 Å². The van der Waals surface area contributed by atoms with E-state index in [0.29, 0.717) is 11.8 Å². The van der Waals surface area contributed by atoms with Gasteiger partial charge in [-0.1, -0.05) is 67.2 Å². The molecule has 0 radical (unpaired) electrons. The van der Waals surface area contributed by atoms with Gasteiger partial charge in [0.1, 0.15) is 0 Å². The molecule has 0 spiro atoms. The zero-order valence-corrected chi connectivity index (χ0v) is 26.8.